The van der Waals surface area contributed by atoms with E-state index >= 15 is 0 Å². The third kappa shape index (κ3) is 2.05. The molecule has 0 unspecified atom stereocenters. The first-order chi connectivity index (χ1) is 8.27. The Hall–Kier alpha value is -1.28. The van der Waals surface area contributed by atoms with Crippen molar-refractivity contribution in [1.29, 1.82) is 0 Å². The number of nitrogens with zero attached hydrogens (tertiary/aromatic N) is 1. The SMILES string of the molecule is [CH2-]c1c(-c2cccc[n+]2[CH2-])sc2ccccc12.[Ir]. The fourth-order valence-electron chi connectivity index (χ4n) is 1.99. The van der Waals surface area contributed by atoms with E-state index in [9.17, 15) is 0 Å². The van der Waals surface area contributed by atoms with Gasteiger partial charge in [0.25, 0.3) is 0 Å². The normalized spacial score (nSPS) is 10.2. The number of thiophene rings is 1. The van der Waals surface area contributed by atoms with Crippen LogP contribution in [0.5, 0.6) is 0 Å². The van der Waals surface area contributed by atoms with Crippen molar-refractivity contribution in [1.82, 2.24) is 0 Å². The first-order valence-corrected chi connectivity index (χ1v) is 6.24. The number of fused-ring (bicyclic) bond motifs is 1. The molecule has 18 heavy (non-hydrogen) atoms. The van der Waals surface area contributed by atoms with Crippen LogP contribution in [0.2, 0.25) is 0 Å². The summed E-state index contributed by atoms with van der Waals surface area (Å²) < 4.78 is 3.16. The van der Waals surface area contributed by atoms with Gasteiger partial charge in [-0.25, -0.2) is 11.3 Å². The molecule has 1 aromatic carbocycles. The number of hydrogen-bond acceptors (Lipinski definition) is 1. The van der Waals surface area contributed by atoms with Gasteiger partial charge in [-0.05, 0) is 4.70 Å². The van der Waals surface area contributed by atoms with Crippen LogP contribution >= 0.6 is 11.3 Å². The Morgan fingerprint density at radius 1 is 1.00 bits per heavy atom. The van der Waals surface area contributed by atoms with Crippen LogP contribution in [0.1, 0.15) is 5.56 Å². The number of benzene rings is 1. The van der Waals surface area contributed by atoms with E-state index in [0.717, 1.165) is 11.3 Å². The molecule has 1 radical (unpaired) electrons. The molecule has 2 aromatic heterocycles. The zero-order chi connectivity index (χ0) is 11.8. The first kappa shape index (κ1) is 13.2. The third-order valence-electron chi connectivity index (χ3n) is 2.87. The molecular weight excluding hydrogens is 418 g/mol. The Morgan fingerprint density at radius 3 is 2.44 bits per heavy atom. The molecule has 0 aliphatic heterocycles. The van der Waals surface area contributed by atoms with E-state index in [2.05, 4.69) is 44.3 Å². The maximum atomic E-state index is 4.20. The summed E-state index contributed by atoms with van der Waals surface area (Å²) in [5.41, 5.74) is 2.20. The van der Waals surface area contributed by atoms with Gasteiger partial charge in [0.1, 0.15) is 0 Å². The van der Waals surface area contributed by atoms with Gasteiger partial charge in [-0.2, -0.15) is 12.5 Å². The number of hydrogen-bond donors (Lipinski definition) is 0. The van der Waals surface area contributed by atoms with Gasteiger partial charge >= 0.3 is 0 Å². The van der Waals surface area contributed by atoms with E-state index < -0.39 is 0 Å². The maximum absolute atomic E-state index is 4.20. The molecule has 0 saturated heterocycles. The largest absolute Gasteiger partial charge is 0.343 e. The zero-order valence-electron chi connectivity index (χ0n) is 9.72. The molecule has 0 spiro atoms. The maximum Gasteiger partial charge on any atom is 0.0686 e. The van der Waals surface area contributed by atoms with Crippen molar-refractivity contribution in [3.63, 3.8) is 0 Å². The van der Waals surface area contributed by atoms with Crippen molar-refractivity contribution in [3.05, 3.63) is 68.2 Å². The van der Waals surface area contributed by atoms with Gasteiger partial charge < -0.3 is 4.57 Å². The average Bonchev–Trinajstić information content (AvgIpc) is 2.68. The third-order valence-corrected chi connectivity index (χ3v) is 4.11. The van der Waals surface area contributed by atoms with Crippen LogP contribution in [0.25, 0.3) is 20.7 Å². The number of pyridine rings is 1. The molecule has 0 aliphatic rings. The number of aromatic nitrogens is 1. The van der Waals surface area contributed by atoms with Crippen LogP contribution in [-0.4, -0.2) is 0 Å². The van der Waals surface area contributed by atoms with Crippen molar-refractivity contribution in [3.8, 4) is 10.6 Å². The average molecular weight is 431 g/mol. The predicted octanol–water partition coefficient (Wildman–Crippen LogP) is 3.68. The molecule has 1 nitrogen and oxygen atoms in total. The minimum absolute atomic E-state index is 0. The Bertz CT molecular complexity index is 688. The summed E-state index contributed by atoms with van der Waals surface area (Å²) in [5.74, 6) is 0. The minimum atomic E-state index is 0. The standard InChI is InChI=1S/C15H12NS.Ir/c1-11-12-7-3-4-9-14(12)17-15(11)13-8-5-6-10-16(13)2;/h3-10H,1-2H2;/q-1;. The van der Waals surface area contributed by atoms with Crippen molar-refractivity contribution in [2.45, 2.75) is 0 Å². The van der Waals surface area contributed by atoms with Crippen LogP contribution in [0.4, 0.5) is 0 Å². The summed E-state index contributed by atoms with van der Waals surface area (Å²) in [7, 11) is 4.00. The zero-order valence-corrected chi connectivity index (χ0v) is 12.9. The van der Waals surface area contributed by atoms with Gasteiger partial charge in [-0.1, -0.05) is 41.3 Å². The van der Waals surface area contributed by atoms with Crippen LogP contribution in [-0.2, 0) is 20.1 Å². The fourth-order valence-corrected chi connectivity index (χ4v) is 3.18. The van der Waals surface area contributed by atoms with Gasteiger partial charge in [0, 0.05) is 27.2 Å². The molecule has 0 amide bonds. The monoisotopic (exact) mass is 431 g/mol. The second kappa shape index (κ2) is 5.15. The summed E-state index contributed by atoms with van der Waals surface area (Å²) >= 11 is 1.77. The van der Waals surface area contributed by atoms with Crippen molar-refractivity contribution in [2.75, 3.05) is 0 Å². The molecule has 2 heterocycles. The van der Waals surface area contributed by atoms with Crippen molar-refractivity contribution >= 4 is 21.4 Å². The van der Waals surface area contributed by atoms with Crippen LogP contribution in [0.15, 0.2) is 48.7 Å². The fraction of sp³-hybridized carbons (Fsp3) is 0. The first-order valence-electron chi connectivity index (χ1n) is 5.43. The summed E-state index contributed by atoms with van der Waals surface area (Å²) in [6.45, 7) is 4.20. The van der Waals surface area contributed by atoms with E-state index in [4.69, 9.17) is 0 Å². The Kier molecular flexibility index (Phi) is 3.76. The summed E-state index contributed by atoms with van der Waals surface area (Å²) in [4.78, 5) is 1.20. The van der Waals surface area contributed by atoms with E-state index in [0.29, 0.717) is 0 Å². The molecule has 3 aromatic rings. The van der Waals surface area contributed by atoms with Crippen molar-refractivity contribution < 1.29 is 24.7 Å². The van der Waals surface area contributed by atoms with Crippen LogP contribution in [0.3, 0.4) is 0 Å². The smallest absolute Gasteiger partial charge is 0.0686 e. The quantitative estimate of drug-likeness (QED) is 0.410. The van der Waals surface area contributed by atoms with Gasteiger partial charge in [0.15, 0.2) is 0 Å². The summed E-state index contributed by atoms with van der Waals surface area (Å²) in [6, 6.07) is 14.4. The van der Waals surface area contributed by atoms with E-state index in [1.54, 1.807) is 11.3 Å². The van der Waals surface area contributed by atoms with Crippen LogP contribution < -0.4 is 4.57 Å². The topological polar surface area (TPSA) is 3.88 Å². The molecule has 93 valence electrons. The van der Waals surface area contributed by atoms with Gasteiger partial charge in [-0.15, -0.1) is 11.5 Å². The molecule has 0 N–H and O–H groups in total. The van der Waals surface area contributed by atoms with E-state index in [1.165, 1.54) is 15.0 Å². The summed E-state index contributed by atoms with van der Waals surface area (Å²) in [6.07, 6.45) is 1.96. The minimum Gasteiger partial charge on any atom is -0.343 e. The molecule has 3 heteroatoms. The van der Waals surface area contributed by atoms with Crippen LogP contribution in [0, 0.1) is 14.0 Å². The second-order valence-electron chi connectivity index (χ2n) is 3.96. The summed E-state index contributed by atoms with van der Waals surface area (Å²) in [5, 5.41) is 1.23. The van der Waals surface area contributed by atoms with E-state index in [-0.39, 0.29) is 20.1 Å². The molecule has 0 atom stereocenters. The Morgan fingerprint density at radius 2 is 1.72 bits per heavy atom. The second-order valence-corrected chi connectivity index (χ2v) is 5.01. The van der Waals surface area contributed by atoms with Gasteiger partial charge in [-0.3, -0.25) is 0 Å². The Balaban J connectivity index is 0.00000120. The molecule has 0 saturated carbocycles. The predicted molar refractivity (Wildman–Crippen MR) is 72.7 cm³/mol. The molecule has 3 rings (SSSR count). The van der Waals surface area contributed by atoms with Crippen molar-refractivity contribution in [2.24, 2.45) is 0 Å². The molecular formula is C15H12IrNS-. The van der Waals surface area contributed by atoms with Gasteiger partial charge in [0.05, 0.1) is 11.9 Å². The number of rotatable bonds is 1. The van der Waals surface area contributed by atoms with E-state index in [1.807, 2.05) is 22.9 Å². The Labute approximate surface area is 124 Å². The molecule has 0 fully saturated rings. The van der Waals surface area contributed by atoms with Gasteiger partial charge in [0.2, 0.25) is 0 Å². The molecule has 0 bridgehead atoms. The molecule has 0 aliphatic carbocycles.